The van der Waals surface area contributed by atoms with Crippen LogP contribution in [0.1, 0.15) is 12.0 Å². The number of ether oxygens (including phenoxy) is 2. The SMILES string of the molecule is COCCC(Cc1cccc(Br)c1)C(=O)NC(COC)C(=O)O. The average molecular weight is 388 g/mol. The van der Waals surface area contributed by atoms with Gasteiger partial charge in [0.1, 0.15) is 0 Å². The van der Waals surface area contributed by atoms with Crippen LogP contribution in [0, 0.1) is 5.92 Å². The molecule has 0 aliphatic rings. The van der Waals surface area contributed by atoms with Gasteiger partial charge < -0.3 is 19.9 Å². The maximum Gasteiger partial charge on any atom is 0.328 e. The summed E-state index contributed by atoms with van der Waals surface area (Å²) in [7, 11) is 2.96. The second kappa shape index (κ2) is 10.4. The molecule has 2 atom stereocenters. The Morgan fingerprint density at radius 1 is 1.30 bits per heavy atom. The summed E-state index contributed by atoms with van der Waals surface area (Å²) < 4.78 is 10.8. The molecule has 0 bridgehead atoms. The third kappa shape index (κ3) is 7.11. The van der Waals surface area contributed by atoms with E-state index >= 15 is 0 Å². The molecule has 1 amide bonds. The van der Waals surface area contributed by atoms with E-state index in [2.05, 4.69) is 21.2 Å². The molecule has 2 unspecified atom stereocenters. The molecule has 7 heteroatoms. The van der Waals surface area contributed by atoms with E-state index in [-0.39, 0.29) is 18.4 Å². The van der Waals surface area contributed by atoms with Crippen molar-refractivity contribution >= 4 is 27.8 Å². The summed E-state index contributed by atoms with van der Waals surface area (Å²) in [4.78, 5) is 23.6. The number of hydrogen-bond acceptors (Lipinski definition) is 4. The predicted molar refractivity (Wildman–Crippen MR) is 89.3 cm³/mol. The number of hydrogen-bond donors (Lipinski definition) is 2. The van der Waals surface area contributed by atoms with Crippen LogP contribution < -0.4 is 5.32 Å². The zero-order chi connectivity index (χ0) is 17.2. The third-order valence-electron chi connectivity index (χ3n) is 3.36. The van der Waals surface area contributed by atoms with Crippen molar-refractivity contribution in [2.45, 2.75) is 18.9 Å². The molecule has 1 aromatic rings. The first-order valence-electron chi connectivity index (χ1n) is 7.23. The molecule has 0 aliphatic heterocycles. The lowest BCUT2D eigenvalue weighted by atomic mass is 9.95. The molecule has 0 fully saturated rings. The maximum atomic E-state index is 12.4. The van der Waals surface area contributed by atoms with E-state index in [4.69, 9.17) is 14.6 Å². The van der Waals surface area contributed by atoms with Crippen molar-refractivity contribution in [3.8, 4) is 0 Å². The predicted octanol–water partition coefficient (Wildman–Crippen LogP) is 1.86. The van der Waals surface area contributed by atoms with E-state index in [1.807, 2.05) is 24.3 Å². The monoisotopic (exact) mass is 387 g/mol. The van der Waals surface area contributed by atoms with Gasteiger partial charge in [0, 0.05) is 31.2 Å². The Balaban J connectivity index is 2.78. The molecule has 0 radical (unpaired) electrons. The fraction of sp³-hybridized carbons (Fsp3) is 0.500. The van der Waals surface area contributed by atoms with E-state index in [0.29, 0.717) is 19.4 Å². The van der Waals surface area contributed by atoms with Crippen LogP contribution in [0.15, 0.2) is 28.7 Å². The van der Waals surface area contributed by atoms with E-state index < -0.39 is 12.0 Å². The molecular weight excluding hydrogens is 366 g/mol. The summed E-state index contributed by atoms with van der Waals surface area (Å²) in [6.07, 6.45) is 1.02. The van der Waals surface area contributed by atoms with Gasteiger partial charge in [0.2, 0.25) is 5.91 Å². The number of nitrogens with one attached hydrogen (secondary N) is 1. The molecule has 6 nitrogen and oxygen atoms in total. The number of rotatable bonds is 10. The van der Waals surface area contributed by atoms with Gasteiger partial charge in [0.15, 0.2) is 6.04 Å². The molecule has 0 spiro atoms. The van der Waals surface area contributed by atoms with Gasteiger partial charge in [-0.1, -0.05) is 28.1 Å². The lowest BCUT2D eigenvalue weighted by Crippen LogP contribution is -2.46. The minimum atomic E-state index is -1.12. The van der Waals surface area contributed by atoms with Crippen molar-refractivity contribution in [1.29, 1.82) is 0 Å². The van der Waals surface area contributed by atoms with Crippen LogP contribution in [-0.4, -0.2) is 50.5 Å². The van der Waals surface area contributed by atoms with Gasteiger partial charge in [-0.15, -0.1) is 0 Å². The molecule has 1 rings (SSSR count). The summed E-state index contributed by atoms with van der Waals surface area (Å²) in [5, 5.41) is 11.6. The lowest BCUT2D eigenvalue weighted by Gasteiger charge is -2.20. The van der Waals surface area contributed by atoms with Crippen molar-refractivity contribution in [3.05, 3.63) is 34.3 Å². The van der Waals surface area contributed by atoms with Crippen LogP contribution in [0.25, 0.3) is 0 Å². The summed E-state index contributed by atoms with van der Waals surface area (Å²) in [6.45, 7) is 0.350. The Kier molecular flexibility index (Phi) is 8.83. The van der Waals surface area contributed by atoms with E-state index in [1.165, 1.54) is 7.11 Å². The van der Waals surface area contributed by atoms with Crippen LogP contribution in [0.5, 0.6) is 0 Å². The first-order valence-corrected chi connectivity index (χ1v) is 8.02. The number of carboxylic acids is 1. The molecule has 2 N–H and O–H groups in total. The van der Waals surface area contributed by atoms with E-state index in [9.17, 15) is 9.59 Å². The largest absolute Gasteiger partial charge is 0.480 e. The summed E-state index contributed by atoms with van der Waals surface area (Å²) >= 11 is 3.40. The fourth-order valence-electron chi connectivity index (χ4n) is 2.17. The molecule has 0 saturated carbocycles. The van der Waals surface area contributed by atoms with Crippen LogP contribution in [0.4, 0.5) is 0 Å². The number of halogens is 1. The minimum absolute atomic E-state index is 0.0744. The topological polar surface area (TPSA) is 84.9 Å². The lowest BCUT2D eigenvalue weighted by molar-refractivity contribution is -0.144. The molecule has 0 aliphatic carbocycles. The summed E-state index contributed by atoms with van der Waals surface area (Å²) in [5.41, 5.74) is 0.995. The Morgan fingerprint density at radius 3 is 2.61 bits per heavy atom. The quantitative estimate of drug-likeness (QED) is 0.639. The highest BCUT2D eigenvalue weighted by molar-refractivity contribution is 9.10. The van der Waals surface area contributed by atoms with Crippen molar-refractivity contribution in [2.75, 3.05) is 27.4 Å². The van der Waals surface area contributed by atoms with E-state index in [0.717, 1.165) is 10.0 Å². The fourth-order valence-corrected chi connectivity index (χ4v) is 2.61. The summed E-state index contributed by atoms with van der Waals surface area (Å²) in [5.74, 6) is -1.80. The van der Waals surface area contributed by atoms with Crippen molar-refractivity contribution in [3.63, 3.8) is 0 Å². The molecule has 1 aromatic carbocycles. The Bertz CT molecular complexity index is 523. The van der Waals surface area contributed by atoms with Crippen molar-refractivity contribution in [1.82, 2.24) is 5.32 Å². The number of carbonyl (C=O) groups excluding carboxylic acids is 1. The van der Waals surface area contributed by atoms with Crippen molar-refractivity contribution in [2.24, 2.45) is 5.92 Å². The standard InChI is InChI=1S/C16H22BrNO5/c1-22-7-6-12(8-11-4-3-5-13(17)9-11)15(19)18-14(10-23-2)16(20)21/h3-5,9,12,14H,6-8,10H2,1-2H3,(H,18,19)(H,20,21). The second-order valence-electron chi connectivity index (χ2n) is 5.17. The molecule has 23 heavy (non-hydrogen) atoms. The number of benzene rings is 1. The minimum Gasteiger partial charge on any atom is -0.480 e. The third-order valence-corrected chi connectivity index (χ3v) is 3.85. The number of methoxy groups -OCH3 is 2. The molecule has 0 saturated heterocycles. The molecule has 128 valence electrons. The van der Waals surface area contributed by atoms with Gasteiger partial charge in [0.05, 0.1) is 6.61 Å². The highest BCUT2D eigenvalue weighted by atomic mass is 79.9. The molecule has 0 aromatic heterocycles. The number of amides is 1. The highest BCUT2D eigenvalue weighted by Crippen LogP contribution is 2.17. The van der Waals surface area contributed by atoms with Crippen LogP contribution in [0.3, 0.4) is 0 Å². The van der Waals surface area contributed by atoms with Crippen LogP contribution in [0.2, 0.25) is 0 Å². The maximum absolute atomic E-state index is 12.4. The average Bonchev–Trinajstić information content (AvgIpc) is 2.50. The Morgan fingerprint density at radius 2 is 2.04 bits per heavy atom. The Hall–Kier alpha value is -1.44. The van der Waals surface area contributed by atoms with Gasteiger partial charge in [-0.25, -0.2) is 4.79 Å². The van der Waals surface area contributed by atoms with Gasteiger partial charge in [-0.3, -0.25) is 4.79 Å². The number of aliphatic carboxylic acids is 1. The number of carboxylic acid groups (broad SMARTS) is 1. The molecule has 0 heterocycles. The number of carbonyl (C=O) groups is 2. The van der Waals surface area contributed by atoms with Gasteiger partial charge >= 0.3 is 5.97 Å². The molecular formula is C16H22BrNO5. The first-order chi connectivity index (χ1) is 11.0. The van der Waals surface area contributed by atoms with Crippen molar-refractivity contribution < 1.29 is 24.2 Å². The normalized spacial score (nSPS) is 13.3. The van der Waals surface area contributed by atoms with Gasteiger partial charge in [-0.2, -0.15) is 0 Å². The van der Waals surface area contributed by atoms with Gasteiger partial charge in [-0.05, 0) is 30.5 Å². The smallest absolute Gasteiger partial charge is 0.328 e. The zero-order valence-corrected chi connectivity index (χ0v) is 14.8. The van der Waals surface area contributed by atoms with E-state index in [1.54, 1.807) is 7.11 Å². The zero-order valence-electron chi connectivity index (χ0n) is 13.3. The highest BCUT2D eigenvalue weighted by Gasteiger charge is 2.25. The Labute approximate surface area is 144 Å². The van der Waals surface area contributed by atoms with Crippen LogP contribution >= 0.6 is 15.9 Å². The van der Waals surface area contributed by atoms with Crippen LogP contribution in [-0.2, 0) is 25.5 Å². The second-order valence-corrected chi connectivity index (χ2v) is 6.08. The summed E-state index contributed by atoms with van der Waals surface area (Å²) in [6, 6.07) is 6.63. The first kappa shape index (κ1) is 19.6. The van der Waals surface area contributed by atoms with Gasteiger partial charge in [0.25, 0.3) is 0 Å².